The molecule has 160 valence electrons. The number of carbonyl (C=O) groups is 1. The molecule has 6 nitrogen and oxygen atoms in total. The molecule has 0 bridgehead atoms. The lowest BCUT2D eigenvalue weighted by atomic mass is 9.86. The van der Waals surface area contributed by atoms with Crippen LogP contribution in [0.2, 0.25) is 0 Å². The van der Waals surface area contributed by atoms with Crippen molar-refractivity contribution in [1.82, 2.24) is 14.8 Å². The van der Waals surface area contributed by atoms with Crippen LogP contribution in [0.3, 0.4) is 0 Å². The van der Waals surface area contributed by atoms with Crippen LogP contribution < -0.4 is 5.32 Å². The molecule has 0 spiro atoms. The summed E-state index contributed by atoms with van der Waals surface area (Å²) in [6, 6.07) is 6.29. The van der Waals surface area contributed by atoms with E-state index in [1.54, 1.807) is 28.7 Å². The van der Waals surface area contributed by atoms with E-state index in [0.29, 0.717) is 28.2 Å². The summed E-state index contributed by atoms with van der Waals surface area (Å²) in [5, 5.41) is 24.6. The van der Waals surface area contributed by atoms with Crippen LogP contribution in [0.4, 0.5) is 5.00 Å². The Bertz CT molecular complexity index is 1120. The summed E-state index contributed by atoms with van der Waals surface area (Å²) in [5.74, 6) is 1.51. The van der Waals surface area contributed by atoms with Gasteiger partial charge in [-0.15, -0.1) is 39.4 Å². The van der Waals surface area contributed by atoms with Crippen LogP contribution in [0.5, 0.6) is 0 Å². The molecular formula is C22H23N5OS3. The Labute approximate surface area is 194 Å². The highest BCUT2D eigenvalue weighted by Crippen LogP contribution is 2.40. The van der Waals surface area contributed by atoms with Crippen LogP contribution in [0.15, 0.2) is 35.3 Å². The number of hydrogen-bond acceptors (Lipinski definition) is 7. The number of nitrogens with zero attached hydrogens (tertiary/aromatic N) is 4. The van der Waals surface area contributed by atoms with Crippen LogP contribution in [0, 0.1) is 17.2 Å². The number of aromatic nitrogens is 3. The van der Waals surface area contributed by atoms with Crippen molar-refractivity contribution in [2.24, 2.45) is 5.92 Å². The second kappa shape index (κ2) is 9.81. The zero-order valence-electron chi connectivity index (χ0n) is 17.3. The third-order valence-electron chi connectivity index (χ3n) is 5.41. The van der Waals surface area contributed by atoms with Gasteiger partial charge in [-0.25, -0.2) is 0 Å². The largest absolute Gasteiger partial charge is 0.316 e. The van der Waals surface area contributed by atoms with Crippen LogP contribution in [-0.2, 0) is 24.2 Å². The second-order valence-corrected chi connectivity index (χ2v) is 10.4. The van der Waals surface area contributed by atoms with Crippen molar-refractivity contribution < 1.29 is 4.79 Å². The molecule has 0 aromatic carbocycles. The summed E-state index contributed by atoms with van der Waals surface area (Å²) in [6.07, 6.45) is 5.99. The monoisotopic (exact) mass is 469 g/mol. The van der Waals surface area contributed by atoms with Gasteiger partial charge in [-0.2, -0.15) is 5.26 Å². The summed E-state index contributed by atoms with van der Waals surface area (Å²) in [4.78, 5) is 15.0. The lowest BCUT2D eigenvalue weighted by Crippen LogP contribution is -2.15. The first-order valence-electron chi connectivity index (χ1n) is 10.2. The minimum Gasteiger partial charge on any atom is -0.316 e. The van der Waals surface area contributed by atoms with Gasteiger partial charge in [-0.1, -0.05) is 37.2 Å². The Morgan fingerprint density at radius 2 is 2.39 bits per heavy atom. The first-order chi connectivity index (χ1) is 15.1. The second-order valence-electron chi connectivity index (χ2n) is 7.36. The van der Waals surface area contributed by atoms with Crippen molar-refractivity contribution in [2.75, 3.05) is 11.1 Å². The van der Waals surface area contributed by atoms with Gasteiger partial charge in [0.2, 0.25) is 5.91 Å². The van der Waals surface area contributed by atoms with Crippen molar-refractivity contribution in [2.45, 2.75) is 44.3 Å². The van der Waals surface area contributed by atoms with E-state index in [0.717, 1.165) is 41.9 Å². The van der Waals surface area contributed by atoms with Crippen molar-refractivity contribution in [1.29, 1.82) is 5.26 Å². The Morgan fingerprint density at radius 1 is 1.52 bits per heavy atom. The van der Waals surface area contributed by atoms with Crippen molar-refractivity contribution in [3.8, 4) is 16.8 Å². The molecule has 1 aliphatic carbocycles. The number of nitriles is 1. The number of carbonyl (C=O) groups excluding carboxylic acids is 1. The van der Waals surface area contributed by atoms with Gasteiger partial charge in [0.25, 0.3) is 0 Å². The van der Waals surface area contributed by atoms with E-state index in [1.807, 2.05) is 22.1 Å². The van der Waals surface area contributed by atoms with E-state index in [4.69, 9.17) is 0 Å². The number of amides is 1. The normalized spacial score (nSPS) is 15.3. The van der Waals surface area contributed by atoms with Gasteiger partial charge < -0.3 is 5.32 Å². The number of rotatable bonds is 8. The molecular weight excluding hydrogens is 446 g/mol. The van der Waals surface area contributed by atoms with Gasteiger partial charge >= 0.3 is 0 Å². The molecule has 1 amide bonds. The Balaban J connectivity index is 1.46. The lowest BCUT2D eigenvalue weighted by molar-refractivity contribution is -0.113. The molecule has 0 saturated heterocycles. The maximum absolute atomic E-state index is 12.7. The molecule has 0 radical (unpaired) electrons. The third-order valence-corrected chi connectivity index (χ3v) is 8.41. The molecule has 1 unspecified atom stereocenters. The number of hydrogen-bond donors (Lipinski definition) is 1. The maximum Gasteiger partial charge on any atom is 0.235 e. The molecule has 31 heavy (non-hydrogen) atoms. The Kier molecular flexibility index (Phi) is 6.90. The number of fused-ring (bicyclic) bond motifs is 1. The zero-order chi connectivity index (χ0) is 21.8. The first kappa shape index (κ1) is 21.8. The zero-order valence-corrected chi connectivity index (χ0v) is 19.7. The summed E-state index contributed by atoms with van der Waals surface area (Å²) in [5.41, 5.74) is 1.77. The predicted octanol–water partition coefficient (Wildman–Crippen LogP) is 5.37. The number of thioether (sulfide) groups is 1. The number of thiophene rings is 2. The minimum atomic E-state index is -0.141. The summed E-state index contributed by atoms with van der Waals surface area (Å²) in [6.45, 7) is 6.60. The van der Waals surface area contributed by atoms with Gasteiger partial charge in [0, 0.05) is 11.4 Å². The molecule has 1 aliphatic rings. The molecule has 9 heteroatoms. The number of nitrogens with one attached hydrogen (secondary N) is 1. The van der Waals surface area contributed by atoms with E-state index in [9.17, 15) is 10.1 Å². The fourth-order valence-corrected chi connectivity index (χ4v) is 6.57. The van der Waals surface area contributed by atoms with Crippen LogP contribution >= 0.6 is 34.4 Å². The SMILES string of the molecule is C=CCn1c(SCC(=O)Nc2sc3c(c2C#N)CCC(CC)C3)nnc1-c1cccs1. The van der Waals surface area contributed by atoms with Crippen molar-refractivity contribution in [3.05, 3.63) is 46.2 Å². The maximum atomic E-state index is 12.7. The van der Waals surface area contributed by atoms with Crippen molar-refractivity contribution >= 4 is 45.3 Å². The highest BCUT2D eigenvalue weighted by molar-refractivity contribution is 7.99. The molecule has 3 aromatic heterocycles. The Morgan fingerprint density at radius 3 is 3.10 bits per heavy atom. The highest BCUT2D eigenvalue weighted by Gasteiger charge is 2.26. The Hall–Kier alpha value is -2.41. The smallest absolute Gasteiger partial charge is 0.235 e. The minimum absolute atomic E-state index is 0.141. The van der Waals surface area contributed by atoms with Crippen LogP contribution in [0.1, 0.15) is 35.8 Å². The summed E-state index contributed by atoms with van der Waals surface area (Å²) in [7, 11) is 0. The fraction of sp³-hybridized carbons (Fsp3) is 0.364. The van der Waals surface area contributed by atoms with Gasteiger partial charge in [-0.3, -0.25) is 9.36 Å². The molecule has 1 atom stereocenters. The van der Waals surface area contributed by atoms with Crippen LogP contribution in [-0.4, -0.2) is 26.4 Å². The molecule has 3 heterocycles. The molecule has 0 aliphatic heterocycles. The third kappa shape index (κ3) is 4.61. The fourth-order valence-electron chi connectivity index (χ4n) is 3.78. The van der Waals surface area contributed by atoms with Gasteiger partial charge in [0.05, 0.1) is 16.2 Å². The van der Waals surface area contributed by atoms with E-state index in [-0.39, 0.29) is 11.7 Å². The van der Waals surface area contributed by atoms with Gasteiger partial charge in [-0.05, 0) is 42.2 Å². The number of allylic oxidation sites excluding steroid dienone is 1. The molecule has 3 aromatic rings. The summed E-state index contributed by atoms with van der Waals surface area (Å²) >= 11 is 4.50. The quantitative estimate of drug-likeness (QED) is 0.354. The lowest BCUT2D eigenvalue weighted by Gasteiger charge is -2.20. The molecule has 1 N–H and O–H groups in total. The van der Waals surface area contributed by atoms with E-state index in [1.165, 1.54) is 16.6 Å². The molecule has 0 saturated carbocycles. The standard InChI is InChI=1S/C22H23N5OS3/c1-3-9-27-20(17-6-5-10-29-17)25-26-22(27)30-13-19(28)24-21-16(12-23)15-8-7-14(4-2)11-18(15)31-21/h3,5-6,10,14H,1,4,7-9,11,13H2,2H3,(H,24,28). The summed E-state index contributed by atoms with van der Waals surface area (Å²) < 4.78 is 1.96. The van der Waals surface area contributed by atoms with Gasteiger partial charge in [0.15, 0.2) is 11.0 Å². The predicted molar refractivity (Wildman–Crippen MR) is 128 cm³/mol. The van der Waals surface area contributed by atoms with E-state index in [2.05, 4.69) is 35.1 Å². The first-order valence-corrected chi connectivity index (χ1v) is 12.9. The average molecular weight is 470 g/mol. The van der Waals surface area contributed by atoms with E-state index >= 15 is 0 Å². The topological polar surface area (TPSA) is 83.6 Å². The molecule has 0 fully saturated rings. The van der Waals surface area contributed by atoms with Gasteiger partial charge in [0.1, 0.15) is 11.1 Å². The number of anilines is 1. The van der Waals surface area contributed by atoms with Crippen LogP contribution in [0.25, 0.3) is 10.7 Å². The molecule has 4 rings (SSSR count). The van der Waals surface area contributed by atoms with Crippen molar-refractivity contribution in [3.63, 3.8) is 0 Å². The average Bonchev–Trinajstić information content (AvgIpc) is 3.50. The highest BCUT2D eigenvalue weighted by atomic mass is 32.2. The van der Waals surface area contributed by atoms with E-state index < -0.39 is 0 Å².